The molecule has 0 radical (unpaired) electrons. The van der Waals surface area contributed by atoms with Crippen LogP contribution in [0.3, 0.4) is 0 Å². The molecule has 2 atom stereocenters. The summed E-state index contributed by atoms with van der Waals surface area (Å²) in [7, 11) is 1.61. The van der Waals surface area contributed by atoms with Crippen molar-refractivity contribution < 1.29 is 24.2 Å². The highest BCUT2D eigenvalue weighted by atomic mass is 16.5. The summed E-state index contributed by atoms with van der Waals surface area (Å²) >= 11 is 0. The number of benzene rings is 2. The predicted molar refractivity (Wildman–Crippen MR) is 104 cm³/mol. The second-order valence-electron chi connectivity index (χ2n) is 6.98. The van der Waals surface area contributed by atoms with Gasteiger partial charge in [-0.3, -0.25) is 9.59 Å². The topological polar surface area (TPSA) is 84.9 Å². The van der Waals surface area contributed by atoms with Gasteiger partial charge in [-0.25, -0.2) is 0 Å². The SMILES string of the molecule is COc1ccc(Oc2ccc(CNC(=O)C3CCCCC3C(=O)O)cc2)cc1. The van der Waals surface area contributed by atoms with Gasteiger partial charge in [0, 0.05) is 6.54 Å². The van der Waals surface area contributed by atoms with Gasteiger partial charge >= 0.3 is 5.97 Å². The Morgan fingerprint density at radius 1 is 0.929 bits per heavy atom. The second kappa shape index (κ2) is 9.26. The van der Waals surface area contributed by atoms with Crippen molar-refractivity contribution in [3.05, 3.63) is 54.1 Å². The van der Waals surface area contributed by atoms with Gasteiger partial charge < -0.3 is 19.9 Å². The summed E-state index contributed by atoms with van der Waals surface area (Å²) < 4.78 is 10.9. The molecule has 148 valence electrons. The smallest absolute Gasteiger partial charge is 0.307 e. The second-order valence-corrected chi connectivity index (χ2v) is 6.98. The van der Waals surface area contributed by atoms with Gasteiger partial charge in [0.25, 0.3) is 0 Å². The molecule has 0 spiro atoms. The third-order valence-electron chi connectivity index (χ3n) is 5.11. The van der Waals surface area contributed by atoms with Crippen molar-refractivity contribution in [3.8, 4) is 17.2 Å². The van der Waals surface area contributed by atoms with E-state index in [-0.39, 0.29) is 5.91 Å². The molecule has 1 amide bonds. The van der Waals surface area contributed by atoms with E-state index in [9.17, 15) is 14.7 Å². The van der Waals surface area contributed by atoms with Crippen LogP contribution in [-0.4, -0.2) is 24.1 Å². The average molecular weight is 383 g/mol. The Morgan fingerprint density at radius 2 is 1.46 bits per heavy atom. The quantitative estimate of drug-likeness (QED) is 0.755. The molecule has 1 aliphatic carbocycles. The Hall–Kier alpha value is -3.02. The lowest BCUT2D eigenvalue weighted by molar-refractivity contribution is -0.148. The fourth-order valence-electron chi connectivity index (χ4n) is 3.52. The third kappa shape index (κ3) is 5.03. The maximum Gasteiger partial charge on any atom is 0.307 e. The fraction of sp³-hybridized carbons (Fsp3) is 0.364. The first-order valence-electron chi connectivity index (χ1n) is 9.48. The van der Waals surface area contributed by atoms with Crippen molar-refractivity contribution in [3.63, 3.8) is 0 Å². The Bertz CT molecular complexity index is 801. The molecule has 6 heteroatoms. The van der Waals surface area contributed by atoms with E-state index in [0.29, 0.717) is 30.9 Å². The molecule has 0 aromatic heterocycles. The van der Waals surface area contributed by atoms with Crippen LogP contribution in [0, 0.1) is 11.8 Å². The standard InChI is InChI=1S/C22H25NO5/c1-27-16-10-12-18(13-11-16)28-17-8-6-15(7-9-17)14-23-21(24)19-4-2-3-5-20(19)22(25)26/h6-13,19-20H,2-5,14H2,1H3,(H,23,24)(H,25,26). The van der Waals surface area contributed by atoms with Gasteiger partial charge in [-0.1, -0.05) is 25.0 Å². The molecule has 0 heterocycles. The summed E-state index contributed by atoms with van der Waals surface area (Å²) in [5, 5.41) is 12.2. The molecule has 2 N–H and O–H groups in total. The van der Waals surface area contributed by atoms with Crippen molar-refractivity contribution in [1.82, 2.24) is 5.32 Å². The highest BCUT2D eigenvalue weighted by Gasteiger charge is 2.35. The lowest BCUT2D eigenvalue weighted by Crippen LogP contribution is -2.39. The minimum atomic E-state index is -0.875. The highest BCUT2D eigenvalue weighted by molar-refractivity contribution is 5.84. The number of aliphatic carboxylic acids is 1. The Morgan fingerprint density at radius 3 is 2.04 bits per heavy atom. The van der Waals surface area contributed by atoms with Crippen LogP contribution in [0.15, 0.2) is 48.5 Å². The zero-order chi connectivity index (χ0) is 19.9. The van der Waals surface area contributed by atoms with Crippen LogP contribution in [-0.2, 0) is 16.1 Å². The van der Waals surface area contributed by atoms with E-state index in [1.165, 1.54) is 0 Å². The summed E-state index contributed by atoms with van der Waals surface area (Å²) in [5.41, 5.74) is 0.929. The number of carbonyl (C=O) groups excluding carboxylic acids is 1. The predicted octanol–water partition coefficient (Wildman–Crippen LogP) is 3.99. The van der Waals surface area contributed by atoms with Crippen LogP contribution < -0.4 is 14.8 Å². The van der Waals surface area contributed by atoms with Gasteiger partial charge in [-0.05, 0) is 54.8 Å². The number of methoxy groups -OCH3 is 1. The van der Waals surface area contributed by atoms with Gasteiger partial charge in [-0.15, -0.1) is 0 Å². The van der Waals surface area contributed by atoms with Crippen LogP contribution in [0.1, 0.15) is 31.2 Å². The van der Waals surface area contributed by atoms with Crippen molar-refractivity contribution >= 4 is 11.9 Å². The molecule has 0 saturated heterocycles. The molecule has 2 aromatic rings. The normalized spacial score (nSPS) is 18.9. The zero-order valence-corrected chi connectivity index (χ0v) is 15.9. The van der Waals surface area contributed by atoms with Gasteiger partial charge in [0.15, 0.2) is 0 Å². The van der Waals surface area contributed by atoms with E-state index in [1.54, 1.807) is 7.11 Å². The number of rotatable bonds is 7. The summed E-state index contributed by atoms with van der Waals surface area (Å²) in [4.78, 5) is 23.8. The van der Waals surface area contributed by atoms with Crippen molar-refractivity contribution in [2.24, 2.45) is 11.8 Å². The van der Waals surface area contributed by atoms with Gasteiger partial charge in [0.2, 0.25) is 5.91 Å². The lowest BCUT2D eigenvalue weighted by Gasteiger charge is -2.27. The number of amides is 1. The Balaban J connectivity index is 1.53. The summed E-state index contributed by atoms with van der Waals surface area (Å²) in [5.74, 6) is 0.0994. The first-order valence-corrected chi connectivity index (χ1v) is 9.48. The van der Waals surface area contributed by atoms with E-state index in [0.717, 1.165) is 24.2 Å². The van der Waals surface area contributed by atoms with Gasteiger partial charge in [0.05, 0.1) is 18.9 Å². The minimum absolute atomic E-state index is 0.175. The molecule has 1 fully saturated rings. The number of nitrogens with one attached hydrogen (secondary N) is 1. The summed E-state index contributed by atoms with van der Waals surface area (Å²) in [6.45, 7) is 0.366. The average Bonchev–Trinajstić information content (AvgIpc) is 2.73. The van der Waals surface area contributed by atoms with Crippen LogP contribution in [0.25, 0.3) is 0 Å². The molecule has 3 rings (SSSR count). The molecule has 1 aliphatic rings. The Kier molecular flexibility index (Phi) is 6.53. The molecule has 2 aromatic carbocycles. The fourth-order valence-corrected chi connectivity index (χ4v) is 3.52. The maximum atomic E-state index is 12.4. The number of hydrogen-bond acceptors (Lipinski definition) is 4. The number of hydrogen-bond donors (Lipinski definition) is 2. The van der Waals surface area contributed by atoms with Crippen molar-refractivity contribution in [2.75, 3.05) is 7.11 Å². The minimum Gasteiger partial charge on any atom is -0.497 e. The largest absolute Gasteiger partial charge is 0.497 e. The van der Waals surface area contributed by atoms with Crippen molar-refractivity contribution in [1.29, 1.82) is 0 Å². The molecular weight excluding hydrogens is 358 g/mol. The van der Waals surface area contributed by atoms with Gasteiger partial charge in [0.1, 0.15) is 17.2 Å². The molecular formula is C22H25NO5. The first-order chi connectivity index (χ1) is 13.6. The number of carboxylic acids is 1. The number of carbonyl (C=O) groups is 2. The summed E-state index contributed by atoms with van der Waals surface area (Å²) in [6.07, 6.45) is 2.98. The molecule has 0 aliphatic heterocycles. The lowest BCUT2D eigenvalue weighted by atomic mass is 9.78. The summed E-state index contributed by atoms with van der Waals surface area (Å²) in [6, 6.07) is 14.8. The Labute approximate surface area is 164 Å². The van der Waals surface area contributed by atoms with E-state index < -0.39 is 17.8 Å². The first kappa shape index (κ1) is 19.7. The van der Waals surface area contributed by atoms with Crippen LogP contribution in [0.4, 0.5) is 0 Å². The molecule has 1 saturated carbocycles. The number of ether oxygens (including phenoxy) is 2. The van der Waals surface area contributed by atoms with E-state index in [4.69, 9.17) is 9.47 Å². The highest BCUT2D eigenvalue weighted by Crippen LogP contribution is 2.30. The van der Waals surface area contributed by atoms with Gasteiger partial charge in [-0.2, -0.15) is 0 Å². The van der Waals surface area contributed by atoms with Crippen LogP contribution >= 0.6 is 0 Å². The van der Waals surface area contributed by atoms with Crippen LogP contribution in [0.2, 0.25) is 0 Å². The van der Waals surface area contributed by atoms with E-state index in [1.807, 2.05) is 48.5 Å². The monoisotopic (exact) mass is 383 g/mol. The van der Waals surface area contributed by atoms with E-state index in [2.05, 4.69) is 5.32 Å². The molecule has 2 unspecified atom stereocenters. The molecule has 28 heavy (non-hydrogen) atoms. The van der Waals surface area contributed by atoms with Crippen LogP contribution in [0.5, 0.6) is 17.2 Å². The molecule has 0 bridgehead atoms. The van der Waals surface area contributed by atoms with E-state index >= 15 is 0 Å². The third-order valence-corrected chi connectivity index (χ3v) is 5.11. The number of carboxylic acid groups (broad SMARTS) is 1. The maximum absolute atomic E-state index is 12.4. The zero-order valence-electron chi connectivity index (χ0n) is 15.9. The molecule has 6 nitrogen and oxygen atoms in total. The van der Waals surface area contributed by atoms with Crippen molar-refractivity contribution in [2.45, 2.75) is 32.2 Å².